The van der Waals surface area contributed by atoms with Crippen LogP contribution in [-0.4, -0.2) is 33.3 Å². The van der Waals surface area contributed by atoms with E-state index in [1.165, 1.54) is 11.3 Å². The van der Waals surface area contributed by atoms with Crippen molar-refractivity contribution < 1.29 is 0 Å². The first kappa shape index (κ1) is 14.7. The molecule has 0 saturated carbocycles. The van der Waals surface area contributed by atoms with Crippen LogP contribution in [0.15, 0.2) is 24.4 Å². The molecule has 4 heteroatoms. The molecule has 0 saturated heterocycles. The zero-order valence-corrected chi connectivity index (χ0v) is 12.9. The third-order valence-electron chi connectivity index (χ3n) is 3.52. The van der Waals surface area contributed by atoms with Crippen LogP contribution < -0.4 is 0 Å². The van der Waals surface area contributed by atoms with Crippen molar-refractivity contribution in [2.45, 2.75) is 40.3 Å². The van der Waals surface area contributed by atoms with E-state index in [0.29, 0.717) is 0 Å². The summed E-state index contributed by atoms with van der Waals surface area (Å²) in [5, 5.41) is 4.49. The van der Waals surface area contributed by atoms with E-state index in [0.717, 1.165) is 37.4 Å². The molecule has 4 nitrogen and oxygen atoms in total. The van der Waals surface area contributed by atoms with Crippen LogP contribution in [0.1, 0.15) is 29.6 Å². The van der Waals surface area contributed by atoms with Gasteiger partial charge >= 0.3 is 0 Å². The van der Waals surface area contributed by atoms with Gasteiger partial charge in [-0.2, -0.15) is 5.10 Å². The van der Waals surface area contributed by atoms with Crippen molar-refractivity contribution >= 4 is 0 Å². The molecule has 0 fully saturated rings. The highest BCUT2D eigenvalue weighted by Crippen LogP contribution is 2.05. The molecule has 0 aromatic carbocycles. The van der Waals surface area contributed by atoms with Gasteiger partial charge in [0.05, 0.1) is 17.9 Å². The first-order valence-electron chi connectivity index (χ1n) is 7.22. The maximum atomic E-state index is 4.50. The highest BCUT2D eigenvalue weighted by molar-refractivity contribution is 5.13. The minimum atomic E-state index is 0.878. The molecule has 2 aromatic heterocycles. The quantitative estimate of drug-likeness (QED) is 0.810. The molecule has 2 rings (SSSR count). The van der Waals surface area contributed by atoms with Crippen molar-refractivity contribution in [1.82, 2.24) is 19.7 Å². The Hall–Kier alpha value is -1.68. The zero-order valence-electron chi connectivity index (χ0n) is 12.9. The zero-order chi connectivity index (χ0) is 14.5. The Labute approximate surface area is 121 Å². The molecule has 2 heterocycles. The first-order valence-corrected chi connectivity index (χ1v) is 7.22. The van der Waals surface area contributed by atoms with Crippen LogP contribution >= 0.6 is 0 Å². The molecule has 0 aliphatic carbocycles. The number of rotatable bonds is 6. The van der Waals surface area contributed by atoms with Crippen molar-refractivity contribution in [3.8, 4) is 0 Å². The Kier molecular flexibility index (Phi) is 4.90. The van der Waals surface area contributed by atoms with Gasteiger partial charge in [0, 0.05) is 25.0 Å². The standard InChI is InChI=1S/C16H24N4/c1-5-15-6-7-16(17-11-15)12-19(4)8-9-20-14(3)10-13(2)18-20/h6-7,10-11H,5,8-9,12H2,1-4H3. The molecule has 0 N–H and O–H groups in total. The van der Waals surface area contributed by atoms with Gasteiger partial charge < -0.3 is 0 Å². The van der Waals surface area contributed by atoms with Gasteiger partial charge in [0.15, 0.2) is 0 Å². The Morgan fingerprint density at radius 1 is 1.25 bits per heavy atom. The van der Waals surface area contributed by atoms with Gasteiger partial charge in [0.1, 0.15) is 0 Å². The minimum Gasteiger partial charge on any atom is -0.299 e. The lowest BCUT2D eigenvalue weighted by Crippen LogP contribution is -2.24. The third-order valence-corrected chi connectivity index (χ3v) is 3.52. The lowest BCUT2D eigenvalue weighted by atomic mass is 10.2. The van der Waals surface area contributed by atoms with E-state index in [4.69, 9.17) is 0 Å². The van der Waals surface area contributed by atoms with Crippen molar-refractivity contribution in [2.75, 3.05) is 13.6 Å². The molecule has 0 unspecified atom stereocenters. The minimum absolute atomic E-state index is 0.878. The average Bonchev–Trinajstić information content (AvgIpc) is 2.75. The normalized spacial score (nSPS) is 11.2. The number of pyridine rings is 1. The summed E-state index contributed by atoms with van der Waals surface area (Å²) in [6.45, 7) is 9.06. The summed E-state index contributed by atoms with van der Waals surface area (Å²) in [4.78, 5) is 6.78. The fourth-order valence-corrected chi connectivity index (χ4v) is 2.28. The van der Waals surface area contributed by atoms with Crippen molar-refractivity contribution in [3.05, 3.63) is 47.0 Å². The van der Waals surface area contributed by atoms with Crippen molar-refractivity contribution in [1.29, 1.82) is 0 Å². The largest absolute Gasteiger partial charge is 0.299 e. The van der Waals surface area contributed by atoms with Gasteiger partial charge in [-0.15, -0.1) is 0 Å². The number of aromatic nitrogens is 3. The summed E-state index contributed by atoms with van der Waals surface area (Å²) < 4.78 is 2.07. The van der Waals surface area contributed by atoms with E-state index >= 15 is 0 Å². The number of likely N-dealkylation sites (N-methyl/N-ethyl adjacent to an activating group) is 1. The number of nitrogens with zero attached hydrogens (tertiary/aromatic N) is 4. The topological polar surface area (TPSA) is 34.0 Å². The Morgan fingerprint density at radius 3 is 2.60 bits per heavy atom. The Bertz CT molecular complexity index is 542. The second-order valence-electron chi connectivity index (χ2n) is 5.40. The molecule has 0 aliphatic rings. The maximum Gasteiger partial charge on any atom is 0.0596 e. The lowest BCUT2D eigenvalue weighted by Gasteiger charge is -2.16. The fourth-order valence-electron chi connectivity index (χ4n) is 2.28. The van der Waals surface area contributed by atoms with Gasteiger partial charge in [0.2, 0.25) is 0 Å². The molecule has 0 spiro atoms. The number of aryl methyl sites for hydroxylation is 3. The molecular weight excluding hydrogens is 248 g/mol. The predicted molar refractivity (Wildman–Crippen MR) is 81.7 cm³/mol. The predicted octanol–water partition coefficient (Wildman–Crippen LogP) is 2.59. The van der Waals surface area contributed by atoms with Crippen LogP contribution in [0.5, 0.6) is 0 Å². The maximum absolute atomic E-state index is 4.50. The molecule has 2 aromatic rings. The summed E-state index contributed by atoms with van der Waals surface area (Å²) in [5.74, 6) is 0. The molecule has 20 heavy (non-hydrogen) atoms. The van der Waals surface area contributed by atoms with E-state index in [1.54, 1.807) is 0 Å². The van der Waals surface area contributed by atoms with E-state index in [9.17, 15) is 0 Å². The van der Waals surface area contributed by atoms with Crippen LogP contribution in [0.2, 0.25) is 0 Å². The van der Waals surface area contributed by atoms with Crippen LogP contribution in [0, 0.1) is 13.8 Å². The third kappa shape index (κ3) is 3.90. The van der Waals surface area contributed by atoms with E-state index in [2.05, 4.69) is 58.8 Å². The number of hydrogen-bond acceptors (Lipinski definition) is 3. The fraction of sp³-hybridized carbons (Fsp3) is 0.500. The summed E-state index contributed by atoms with van der Waals surface area (Å²) >= 11 is 0. The Balaban J connectivity index is 1.85. The van der Waals surface area contributed by atoms with Crippen molar-refractivity contribution in [2.24, 2.45) is 0 Å². The summed E-state index contributed by atoms with van der Waals surface area (Å²) in [6, 6.07) is 6.40. The van der Waals surface area contributed by atoms with Crippen LogP contribution in [0.3, 0.4) is 0 Å². The van der Waals surface area contributed by atoms with Gasteiger partial charge in [-0.1, -0.05) is 13.0 Å². The summed E-state index contributed by atoms with van der Waals surface area (Å²) in [7, 11) is 2.13. The van der Waals surface area contributed by atoms with Crippen LogP contribution in [0.4, 0.5) is 0 Å². The average molecular weight is 272 g/mol. The van der Waals surface area contributed by atoms with E-state index < -0.39 is 0 Å². The molecule has 0 radical (unpaired) electrons. The van der Waals surface area contributed by atoms with E-state index in [-0.39, 0.29) is 0 Å². The second-order valence-corrected chi connectivity index (χ2v) is 5.40. The molecule has 108 valence electrons. The lowest BCUT2D eigenvalue weighted by molar-refractivity contribution is 0.300. The molecule has 0 bridgehead atoms. The van der Waals surface area contributed by atoms with Crippen LogP contribution in [0.25, 0.3) is 0 Å². The monoisotopic (exact) mass is 272 g/mol. The molecule has 0 amide bonds. The molecule has 0 aliphatic heterocycles. The molecular formula is C16H24N4. The SMILES string of the molecule is CCc1ccc(CN(C)CCn2nc(C)cc2C)nc1. The number of hydrogen-bond donors (Lipinski definition) is 0. The van der Waals surface area contributed by atoms with Gasteiger partial charge in [-0.3, -0.25) is 14.6 Å². The first-order chi connectivity index (χ1) is 9.58. The van der Waals surface area contributed by atoms with Gasteiger partial charge in [0.25, 0.3) is 0 Å². The van der Waals surface area contributed by atoms with Gasteiger partial charge in [-0.05, 0) is 45.0 Å². The second kappa shape index (κ2) is 6.66. The summed E-state index contributed by atoms with van der Waals surface area (Å²) in [6.07, 6.45) is 3.02. The van der Waals surface area contributed by atoms with Gasteiger partial charge in [-0.25, -0.2) is 0 Å². The smallest absolute Gasteiger partial charge is 0.0596 e. The highest BCUT2D eigenvalue weighted by Gasteiger charge is 2.05. The molecule has 0 atom stereocenters. The summed E-state index contributed by atoms with van der Waals surface area (Å²) in [5.41, 5.74) is 4.72. The Morgan fingerprint density at radius 2 is 2.05 bits per heavy atom. The van der Waals surface area contributed by atoms with E-state index in [1.807, 2.05) is 13.1 Å². The van der Waals surface area contributed by atoms with Crippen molar-refractivity contribution in [3.63, 3.8) is 0 Å². The van der Waals surface area contributed by atoms with Crippen LogP contribution in [-0.2, 0) is 19.5 Å². The highest BCUT2D eigenvalue weighted by atomic mass is 15.3.